The molecule has 0 saturated heterocycles. The Bertz CT molecular complexity index is 623. The molecule has 0 fully saturated rings. The van der Waals surface area contributed by atoms with Crippen molar-refractivity contribution in [2.45, 2.75) is 6.42 Å². The van der Waals surface area contributed by atoms with Gasteiger partial charge in [-0.05, 0) is 30.2 Å². The number of carbonyl (C=O) groups excluding carboxylic acids is 2. The number of hydrogen-bond acceptors (Lipinski definition) is 5. The molecule has 0 N–H and O–H groups in total. The molecule has 2 rings (SSSR count). The van der Waals surface area contributed by atoms with E-state index in [1.165, 1.54) is 14.2 Å². The van der Waals surface area contributed by atoms with E-state index < -0.39 is 17.9 Å². The number of fused-ring (bicyclic) bond motifs is 1. The fourth-order valence-corrected chi connectivity index (χ4v) is 2.04. The third-order valence-electron chi connectivity index (χ3n) is 3.08. The quantitative estimate of drug-likeness (QED) is 0.627. The van der Waals surface area contributed by atoms with Gasteiger partial charge in [-0.15, -0.1) is 0 Å². The summed E-state index contributed by atoms with van der Waals surface area (Å²) in [6, 6.07) is 9.37. The summed E-state index contributed by atoms with van der Waals surface area (Å²) in [5, 5.41) is 0.957. The first-order valence-electron chi connectivity index (χ1n) is 6.15. The highest BCUT2D eigenvalue weighted by molar-refractivity contribution is 5.95. The number of methoxy groups -OCH3 is 2. The van der Waals surface area contributed by atoms with Gasteiger partial charge in [0.15, 0.2) is 5.92 Å². The predicted octanol–water partition coefficient (Wildman–Crippen LogP) is 1.74. The third kappa shape index (κ3) is 2.93. The van der Waals surface area contributed by atoms with Crippen molar-refractivity contribution in [2.24, 2.45) is 5.92 Å². The van der Waals surface area contributed by atoms with Gasteiger partial charge < -0.3 is 9.47 Å². The van der Waals surface area contributed by atoms with Crippen LogP contribution in [0.2, 0.25) is 0 Å². The number of nitrogens with zero attached hydrogens (tertiary/aromatic N) is 1. The van der Waals surface area contributed by atoms with Crippen molar-refractivity contribution >= 4 is 22.8 Å². The average molecular weight is 273 g/mol. The summed E-state index contributed by atoms with van der Waals surface area (Å²) in [4.78, 5) is 27.5. The number of benzene rings is 1. The van der Waals surface area contributed by atoms with Crippen LogP contribution in [0.15, 0.2) is 36.5 Å². The van der Waals surface area contributed by atoms with Crippen LogP contribution < -0.4 is 0 Å². The molecule has 0 atom stereocenters. The number of ether oxygens (including phenoxy) is 2. The Morgan fingerprint density at radius 3 is 2.50 bits per heavy atom. The zero-order valence-electron chi connectivity index (χ0n) is 11.3. The minimum Gasteiger partial charge on any atom is -0.468 e. The summed E-state index contributed by atoms with van der Waals surface area (Å²) in [6.07, 6.45) is 1.96. The van der Waals surface area contributed by atoms with E-state index in [1.807, 2.05) is 30.3 Å². The number of hydrogen-bond donors (Lipinski definition) is 0. The normalized spacial score (nSPS) is 10.6. The van der Waals surface area contributed by atoms with Gasteiger partial charge in [-0.25, -0.2) is 0 Å². The van der Waals surface area contributed by atoms with Gasteiger partial charge in [-0.1, -0.05) is 12.1 Å². The molecule has 0 aliphatic rings. The van der Waals surface area contributed by atoms with Gasteiger partial charge >= 0.3 is 11.9 Å². The molecule has 1 aromatic carbocycles. The third-order valence-corrected chi connectivity index (χ3v) is 3.08. The number of rotatable bonds is 4. The maximum absolute atomic E-state index is 11.6. The summed E-state index contributed by atoms with van der Waals surface area (Å²) >= 11 is 0. The van der Waals surface area contributed by atoms with Gasteiger partial charge in [0, 0.05) is 11.6 Å². The van der Waals surface area contributed by atoms with Gasteiger partial charge in [-0.2, -0.15) is 0 Å². The van der Waals surface area contributed by atoms with Crippen LogP contribution in [0.25, 0.3) is 10.9 Å². The lowest BCUT2D eigenvalue weighted by atomic mass is 9.98. The Morgan fingerprint density at radius 1 is 1.15 bits per heavy atom. The highest BCUT2D eigenvalue weighted by Gasteiger charge is 2.28. The Kier molecular flexibility index (Phi) is 4.30. The van der Waals surface area contributed by atoms with E-state index in [9.17, 15) is 9.59 Å². The summed E-state index contributed by atoms with van der Waals surface area (Å²) in [6.45, 7) is 0. The summed E-state index contributed by atoms with van der Waals surface area (Å²) in [5.41, 5.74) is 1.72. The standard InChI is InChI=1S/C15H15NO4/c1-19-14(17)12(15(18)20-2)9-10-5-6-13-11(8-10)4-3-7-16-13/h3-8,12H,9H2,1-2H3. The van der Waals surface area contributed by atoms with Gasteiger partial charge in [0.05, 0.1) is 19.7 Å². The molecule has 0 amide bonds. The summed E-state index contributed by atoms with van der Waals surface area (Å²) < 4.78 is 9.29. The Balaban J connectivity index is 2.28. The van der Waals surface area contributed by atoms with Crippen molar-refractivity contribution in [3.8, 4) is 0 Å². The van der Waals surface area contributed by atoms with Gasteiger partial charge in [-0.3, -0.25) is 14.6 Å². The van der Waals surface area contributed by atoms with Gasteiger partial charge in [0.1, 0.15) is 0 Å². The molecule has 0 spiro atoms. The minimum absolute atomic E-state index is 0.240. The van der Waals surface area contributed by atoms with E-state index >= 15 is 0 Å². The van der Waals surface area contributed by atoms with E-state index in [2.05, 4.69) is 14.5 Å². The fraction of sp³-hybridized carbons (Fsp3) is 0.267. The zero-order valence-corrected chi connectivity index (χ0v) is 11.3. The molecular weight excluding hydrogens is 258 g/mol. The molecule has 0 radical (unpaired) electrons. The van der Waals surface area contributed by atoms with Crippen LogP contribution in [0.3, 0.4) is 0 Å². The molecule has 20 heavy (non-hydrogen) atoms. The van der Waals surface area contributed by atoms with Crippen LogP contribution in [0.4, 0.5) is 0 Å². The monoisotopic (exact) mass is 273 g/mol. The second-order valence-electron chi connectivity index (χ2n) is 4.33. The van der Waals surface area contributed by atoms with Crippen molar-refractivity contribution in [1.82, 2.24) is 4.98 Å². The summed E-state index contributed by atoms with van der Waals surface area (Å²) in [5.74, 6) is -2.13. The lowest BCUT2D eigenvalue weighted by Gasteiger charge is -2.12. The van der Waals surface area contributed by atoms with Crippen molar-refractivity contribution < 1.29 is 19.1 Å². The van der Waals surface area contributed by atoms with Crippen LogP contribution >= 0.6 is 0 Å². The highest BCUT2D eigenvalue weighted by atomic mass is 16.5. The van der Waals surface area contributed by atoms with E-state index in [-0.39, 0.29) is 6.42 Å². The second-order valence-corrected chi connectivity index (χ2v) is 4.33. The van der Waals surface area contributed by atoms with Crippen molar-refractivity contribution in [3.05, 3.63) is 42.1 Å². The largest absolute Gasteiger partial charge is 0.468 e. The molecule has 1 aromatic heterocycles. The molecule has 0 saturated carbocycles. The average Bonchev–Trinajstić information content (AvgIpc) is 2.51. The molecule has 104 valence electrons. The maximum Gasteiger partial charge on any atom is 0.320 e. The van der Waals surface area contributed by atoms with Crippen molar-refractivity contribution in [2.75, 3.05) is 14.2 Å². The number of esters is 2. The Labute approximate surface area is 116 Å². The molecule has 0 unspecified atom stereocenters. The molecule has 1 heterocycles. The first-order valence-corrected chi connectivity index (χ1v) is 6.15. The lowest BCUT2D eigenvalue weighted by Crippen LogP contribution is -2.28. The number of pyridine rings is 1. The SMILES string of the molecule is COC(=O)C(Cc1ccc2ncccc2c1)C(=O)OC. The number of carbonyl (C=O) groups is 2. The number of aromatic nitrogens is 1. The van der Waals surface area contributed by atoms with Gasteiger partial charge in [0.2, 0.25) is 0 Å². The maximum atomic E-state index is 11.6. The van der Waals surface area contributed by atoms with E-state index in [0.717, 1.165) is 16.5 Å². The lowest BCUT2D eigenvalue weighted by molar-refractivity contribution is -0.158. The molecule has 2 aromatic rings. The molecule has 0 bridgehead atoms. The van der Waals surface area contributed by atoms with E-state index in [1.54, 1.807) is 6.20 Å². The van der Waals surface area contributed by atoms with Crippen LogP contribution in [0, 0.1) is 5.92 Å². The molecule has 0 aliphatic carbocycles. The fourth-order valence-electron chi connectivity index (χ4n) is 2.04. The summed E-state index contributed by atoms with van der Waals surface area (Å²) in [7, 11) is 2.51. The van der Waals surface area contributed by atoms with Crippen LogP contribution in [-0.2, 0) is 25.5 Å². The van der Waals surface area contributed by atoms with Crippen molar-refractivity contribution in [3.63, 3.8) is 0 Å². The molecule has 0 aliphatic heterocycles. The van der Waals surface area contributed by atoms with E-state index in [4.69, 9.17) is 0 Å². The molecular formula is C15H15NO4. The van der Waals surface area contributed by atoms with Crippen LogP contribution in [-0.4, -0.2) is 31.1 Å². The first-order chi connectivity index (χ1) is 9.65. The molecule has 5 heteroatoms. The Morgan fingerprint density at radius 2 is 1.85 bits per heavy atom. The van der Waals surface area contributed by atoms with Gasteiger partial charge in [0.25, 0.3) is 0 Å². The second kappa shape index (κ2) is 6.14. The predicted molar refractivity (Wildman–Crippen MR) is 73.0 cm³/mol. The minimum atomic E-state index is -0.945. The Hall–Kier alpha value is -2.43. The van der Waals surface area contributed by atoms with E-state index in [0.29, 0.717) is 0 Å². The first kappa shape index (κ1) is 14.0. The smallest absolute Gasteiger partial charge is 0.320 e. The van der Waals surface area contributed by atoms with Crippen molar-refractivity contribution in [1.29, 1.82) is 0 Å². The zero-order chi connectivity index (χ0) is 14.5. The van der Waals surface area contributed by atoms with Crippen LogP contribution in [0.1, 0.15) is 5.56 Å². The topological polar surface area (TPSA) is 65.5 Å². The molecule has 5 nitrogen and oxygen atoms in total. The van der Waals surface area contributed by atoms with Crippen LogP contribution in [0.5, 0.6) is 0 Å². The highest BCUT2D eigenvalue weighted by Crippen LogP contribution is 2.17.